The normalized spacial score (nSPS) is 17.9. The smallest absolute Gasteiger partial charge is 0.251 e. The number of halogens is 1. The van der Waals surface area contributed by atoms with Crippen molar-refractivity contribution in [2.24, 2.45) is 4.99 Å². The van der Waals surface area contributed by atoms with Gasteiger partial charge in [0.25, 0.3) is 5.25 Å². The standard InChI is InChI=1S/C10H22ClN5/c1-13(2)10(11,14(3)4)12-9-15(5)7-8-16(9)6/h7-8H2,1-6H3. The molecule has 0 atom stereocenters. The van der Waals surface area contributed by atoms with Crippen molar-refractivity contribution >= 4 is 17.6 Å². The molecule has 1 fully saturated rings. The quantitative estimate of drug-likeness (QED) is 0.404. The van der Waals surface area contributed by atoms with E-state index in [1.54, 1.807) is 0 Å². The number of guanidine groups is 1. The van der Waals surface area contributed by atoms with Gasteiger partial charge in [-0.05, 0) is 28.2 Å². The van der Waals surface area contributed by atoms with Gasteiger partial charge in [0.1, 0.15) is 0 Å². The van der Waals surface area contributed by atoms with Crippen LogP contribution < -0.4 is 0 Å². The van der Waals surface area contributed by atoms with E-state index in [2.05, 4.69) is 14.8 Å². The van der Waals surface area contributed by atoms with Gasteiger partial charge in [0.05, 0.1) is 0 Å². The molecule has 0 bridgehead atoms. The Morgan fingerprint density at radius 2 is 1.44 bits per heavy atom. The van der Waals surface area contributed by atoms with Crippen LogP contribution in [0.5, 0.6) is 0 Å². The second-order valence-corrected chi connectivity index (χ2v) is 5.10. The van der Waals surface area contributed by atoms with Crippen LogP contribution in [0.4, 0.5) is 0 Å². The van der Waals surface area contributed by atoms with Crippen molar-refractivity contribution in [2.45, 2.75) is 5.25 Å². The number of likely N-dealkylation sites (N-methyl/N-ethyl adjacent to an activating group) is 2. The zero-order valence-corrected chi connectivity index (χ0v) is 11.8. The molecule has 0 unspecified atom stereocenters. The summed E-state index contributed by atoms with van der Waals surface area (Å²) in [6, 6.07) is 0. The molecule has 0 aromatic carbocycles. The maximum atomic E-state index is 6.53. The highest BCUT2D eigenvalue weighted by molar-refractivity contribution is 6.23. The minimum Gasteiger partial charge on any atom is -0.344 e. The second-order valence-electron chi connectivity index (χ2n) is 4.60. The summed E-state index contributed by atoms with van der Waals surface area (Å²) in [5.74, 6) is 0.928. The Balaban J connectivity index is 3.02. The van der Waals surface area contributed by atoms with Gasteiger partial charge in [-0.1, -0.05) is 11.6 Å². The molecule has 1 rings (SSSR count). The van der Waals surface area contributed by atoms with E-state index < -0.39 is 5.25 Å². The van der Waals surface area contributed by atoms with Crippen LogP contribution in [-0.2, 0) is 0 Å². The number of alkyl halides is 1. The molecular weight excluding hydrogens is 226 g/mol. The Morgan fingerprint density at radius 1 is 1.06 bits per heavy atom. The molecule has 0 aromatic heterocycles. The third kappa shape index (κ3) is 2.42. The lowest BCUT2D eigenvalue weighted by Crippen LogP contribution is -2.51. The first-order valence-electron chi connectivity index (χ1n) is 5.35. The molecule has 0 N–H and O–H groups in total. The maximum absolute atomic E-state index is 6.53. The fourth-order valence-corrected chi connectivity index (χ4v) is 1.76. The molecule has 16 heavy (non-hydrogen) atoms. The summed E-state index contributed by atoms with van der Waals surface area (Å²) in [6.07, 6.45) is 0. The molecule has 1 saturated heterocycles. The summed E-state index contributed by atoms with van der Waals surface area (Å²) >= 11 is 6.53. The van der Waals surface area contributed by atoms with Gasteiger partial charge in [-0.25, -0.2) is 0 Å². The number of hydrogen-bond donors (Lipinski definition) is 0. The predicted molar refractivity (Wildman–Crippen MR) is 68.7 cm³/mol. The lowest BCUT2D eigenvalue weighted by atomic mass is 10.6. The molecule has 0 amide bonds. The highest BCUT2D eigenvalue weighted by Gasteiger charge is 2.35. The summed E-state index contributed by atoms with van der Waals surface area (Å²) in [6.45, 7) is 1.98. The summed E-state index contributed by atoms with van der Waals surface area (Å²) < 4.78 is 0. The van der Waals surface area contributed by atoms with Crippen LogP contribution in [0.15, 0.2) is 4.99 Å². The first-order valence-corrected chi connectivity index (χ1v) is 5.72. The van der Waals surface area contributed by atoms with Crippen molar-refractivity contribution in [2.75, 3.05) is 55.4 Å². The Bertz CT molecular complexity index is 256. The van der Waals surface area contributed by atoms with Crippen molar-refractivity contribution in [3.8, 4) is 0 Å². The molecule has 5 nitrogen and oxygen atoms in total. The van der Waals surface area contributed by atoms with Crippen molar-refractivity contribution in [3.63, 3.8) is 0 Å². The Morgan fingerprint density at radius 3 is 1.75 bits per heavy atom. The van der Waals surface area contributed by atoms with Gasteiger partial charge in [-0.3, -0.25) is 9.80 Å². The number of nitrogens with zero attached hydrogens (tertiary/aromatic N) is 5. The second kappa shape index (κ2) is 4.77. The Kier molecular flexibility index (Phi) is 4.04. The summed E-state index contributed by atoms with van der Waals surface area (Å²) in [5.41, 5.74) is 0. The van der Waals surface area contributed by atoms with E-state index in [1.807, 2.05) is 52.1 Å². The van der Waals surface area contributed by atoms with E-state index in [0.29, 0.717) is 0 Å². The third-order valence-corrected chi connectivity index (χ3v) is 3.59. The fraction of sp³-hybridized carbons (Fsp3) is 0.900. The Labute approximate surface area is 103 Å². The SMILES string of the molecule is CN1CCN(C)C1=NC(Cl)(N(C)C)N(C)C. The number of aliphatic imine (C=N–C) groups is 1. The summed E-state index contributed by atoms with van der Waals surface area (Å²) in [7, 11) is 11.8. The lowest BCUT2D eigenvalue weighted by Gasteiger charge is -2.36. The average molecular weight is 248 g/mol. The van der Waals surface area contributed by atoms with Crippen molar-refractivity contribution in [1.29, 1.82) is 0 Å². The van der Waals surface area contributed by atoms with E-state index in [9.17, 15) is 0 Å². The van der Waals surface area contributed by atoms with Crippen LogP contribution in [0.3, 0.4) is 0 Å². The van der Waals surface area contributed by atoms with Crippen LogP contribution in [0, 0.1) is 0 Å². The van der Waals surface area contributed by atoms with Crippen LogP contribution >= 0.6 is 11.6 Å². The lowest BCUT2D eigenvalue weighted by molar-refractivity contribution is 0.0922. The molecule has 1 heterocycles. The van der Waals surface area contributed by atoms with Crippen LogP contribution in [0.25, 0.3) is 0 Å². The van der Waals surface area contributed by atoms with E-state index in [4.69, 9.17) is 11.6 Å². The molecule has 0 spiro atoms. The minimum atomic E-state index is -0.831. The number of hydrogen-bond acceptors (Lipinski definition) is 3. The highest BCUT2D eigenvalue weighted by Crippen LogP contribution is 2.24. The van der Waals surface area contributed by atoms with Crippen LogP contribution in [0.1, 0.15) is 0 Å². The zero-order chi connectivity index (χ0) is 12.5. The molecule has 1 aliphatic rings. The van der Waals surface area contributed by atoms with Gasteiger partial charge in [0.2, 0.25) is 0 Å². The van der Waals surface area contributed by atoms with Crippen molar-refractivity contribution in [1.82, 2.24) is 19.6 Å². The average Bonchev–Trinajstić information content (AvgIpc) is 2.48. The largest absolute Gasteiger partial charge is 0.344 e. The maximum Gasteiger partial charge on any atom is 0.251 e. The molecule has 0 aliphatic carbocycles. The van der Waals surface area contributed by atoms with Gasteiger partial charge in [0.15, 0.2) is 5.96 Å². The van der Waals surface area contributed by atoms with Crippen LogP contribution in [0.2, 0.25) is 0 Å². The summed E-state index contributed by atoms with van der Waals surface area (Å²) in [5, 5.41) is -0.831. The third-order valence-electron chi connectivity index (χ3n) is 2.83. The van der Waals surface area contributed by atoms with Gasteiger partial charge in [0, 0.05) is 27.2 Å². The monoisotopic (exact) mass is 247 g/mol. The molecule has 1 aliphatic heterocycles. The fourth-order valence-electron chi connectivity index (χ4n) is 1.69. The highest BCUT2D eigenvalue weighted by atomic mass is 35.5. The number of rotatable bonds is 3. The minimum absolute atomic E-state index is 0.831. The Hall–Kier alpha value is -0.520. The molecule has 94 valence electrons. The van der Waals surface area contributed by atoms with Gasteiger partial charge in [-0.15, -0.1) is 0 Å². The van der Waals surface area contributed by atoms with Gasteiger partial charge < -0.3 is 9.80 Å². The van der Waals surface area contributed by atoms with Gasteiger partial charge in [-0.2, -0.15) is 4.99 Å². The molecule has 6 heteroatoms. The summed E-state index contributed by atoms with van der Waals surface area (Å²) in [4.78, 5) is 12.7. The predicted octanol–water partition coefficient (Wildman–Crippen LogP) is 0.193. The van der Waals surface area contributed by atoms with Crippen molar-refractivity contribution in [3.05, 3.63) is 0 Å². The van der Waals surface area contributed by atoms with E-state index in [-0.39, 0.29) is 0 Å². The van der Waals surface area contributed by atoms with E-state index in [0.717, 1.165) is 19.0 Å². The van der Waals surface area contributed by atoms with Crippen LogP contribution in [-0.4, -0.2) is 86.2 Å². The van der Waals surface area contributed by atoms with Crippen molar-refractivity contribution < 1.29 is 0 Å². The topological polar surface area (TPSA) is 25.3 Å². The molecule has 0 saturated carbocycles. The molecular formula is C10H22ClN5. The zero-order valence-electron chi connectivity index (χ0n) is 11.0. The molecule has 0 aromatic rings. The first-order chi connectivity index (χ1) is 7.29. The molecule has 0 radical (unpaired) electrons. The van der Waals surface area contributed by atoms with E-state index in [1.165, 1.54) is 0 Å². The van der Waals surface area contributed by atoms with Gasteiger partial charge >= 0.3 is 0 Å². The van der Waals surface area contributed by atoms with E-state index >= 15 is 0 Å². The first kappa shape index (κ1) is 13.5.